The van der Waals surface area contributed by atoms with E-state index >= 15 is 0 Å². The Balaban J connectivity index is 1.39. The zero-order valence-electron chi connectivity index (χ0n) is 18.9. The number of hydrogen-bond acceptors (Lipinski definition) is 5. The van der Waals surface area contributed by atoms with E-state index in [1.807, 2.05) is 0 Å². The van der Waals surface area contributed by atoms with E-state index in [1.165, 1.54) is 12.1 Å². The molecule has 2 aliphatic heterocycles. The molecule has 0 saturated carbocycles. The molecule has 2 amide bonds. The van der Waals surface area contributed by atoms with E-state index in [9.17, 15) is 23.5 Å². The standard InChI is InChI=1S/C26H24F2N4O3/c27-19-4-1-5-20(28)24(19)21-12-16-13-29-26(35)23(16)25(31-21)30-17-8-6-15(7-9-17)11-22(34)32-10-2-3-18(32)14-33/h1,4-9,12,18,33H,2-3,10-11,13-14H2,(H,29,35)(H,30,31). The normalized spacial score (nSPS) is 16.8. The zero-order chi connectivity index (χ0) is 24.5. The number of fused-ring (bicyclic) bond motifs is 1. The van der Waals surface area contributed by atoms with Crippen molar-refractivity contribution < 1.29 is 23.5 Å². The predicted octanol–water partition coefficient (Wildman–Crippen LogP) is 3.54. The number of nitrogens with zero attached hydrogens (tertiary/aromatic N) is 2. The Morgan fingerprint density at radius 1 is 1.14 bits per heavy atom. The largest absolute Gasteiger partial charge is 0.394 e. The monoisotopic (exact) mass is 478 g/mol. The van der Waals surface area contributed by atoms with E-state index in [1.54, 1.807) is 29.2 Å². The minimum atomic E-state index is -0.740. The van der Waals surface area contributed by atoms with Gasteiger partial charge in [-0.3, -0.25) is 9.59 Å². The summed E-state index contributed by atoms with van der Waals surface area (Å²) in [5, 5.41) is 15.3. The van der Waals surface area contributed by atoms with Crippen molar-refractivity contribution in [2.24, 2.45) is 0 Å². The van der Waals surface area contributed by atoms with E-state index in [0.717, 1.165) is 30.5 Å². The Morgan fingerprint density at radius 3 is 2.60 bits per heavy atom. The van der Waals surface area contributed by atoms with Crippen LogP contribution in [0.2, 0.25) is 0 Å². The number of aromatic nitrogens is 1. The molecule has 5 rings (SSSR count). The highest BCUT2D eigenvalue weighted by atomic mass is 19.1. The molecule has 3 aromatic rings. The van der Waals surface area contributed by atoms with Crippen LogP contribution in [0.1, 0.15) is 34.3 Å². The third-order valence-corrected chi connectivity index (χ3v) is 6.47. The van der Waals surface area contributed by atoms with Crippen LogP contribution >= 0.6 is 0 Å². The van der Waals surface area contributed by atoms with Crippen LogP contribution < -0.4 is 10.6 Å². The summed E-state index contributed by atoms with van der Waals surface area (Å²) in [4.78, 5) is 31.2. The average molecular weight is 478 g/mol. The Bertz CT molecular complexity index is 1280. The summed E-state index contributed by atoms with van der Waals surface area (Å²) in [7, 11) is 0. The molecule has 3 heterocycles. The molecule has 9 heteroatoms. The molecule has 35 heavy (non-hydrogen) atoms. The molecule has 1 atom stereocenters. The molecule has 0 radical (unpaired) electrons. The van der Waals surface area contributed by atoms with Crippen molar-refractivity contribution in [1.29, 1.82) is 0 Å². The van der Waals surface area contributed by atoms with Crippen LogP contribution in [0.15, 0.2) is 48.5 Å². The van der Waals surface area contributed by atoms with Crippen molar-refractivity contribution in [1.82, 2.24) is 15.2 Å². The van der Waals surface area contributed by atoms with Gasteiger partial charge in [0.25, 0.3) is 5.91 Å². The number of halogens is 2. The first-order valence-corrected chi connectivity index (χ1v) is 11.5. The highest BCUT2D eigenvalue weighted by Gasteiger charge is 2.28. The number of benzene rings is 2. The highest BCUT2D eigenvalue weighted by Crippen LogP contribution is 2.32. The lowest BCUT2D eigenvalue weighted by Crippen LogP contribution is -2.38. The highest BCUT2D eigenvalue weighted by molar-refractivity contribution is 6.03. The van der Waals surface area contributed by atoms with Crippen LogP contribution in [-0.4, -0.2) is 46.0 Å². The smallest absolute Gasteiger partial charge is 0.255 e. The third kappa shape index (κ3) is 4.46. The van der Waals surface area contributed by atoms with Crippen molar-refractivity contribution in [2.75, 3.05) is 18.5 Å². The molecule has 0 bridgehead atoms. The number of anilines is 2. The Morgan fingerprint density at radius 2 is 1.89 bits per heavy atom. The Hall–Kier alpha value is -3.85. The fourth-order valence-corrected chi connectivity index (χ4v) is 4.69. The van der Waals surface area contributed by atoms with Gasteiger partial charge in [-0.25, -0.2) is 13.8 Å². The lowest BCUT2D eigenvalue weighted by Gasteiger charge is -2.23. The van der Waals surface area contributed by atoms with Crippen molar-refractivity contribution in [3.05, 3.63) is 76.9 Å². The maximum Gasteiger partial charge on any atom is 0.255 e. The van der Waals surface area contributed by atoms with E-state index < -0.39 is 11.6 Å². The van der Waals surface area contributed by atoms with Crippen molar-refractivity contribution in [3.8, 4) is 11.3 Å². The summed E-state index contributed by atoms with van der Waals surface area (Å²) in [5.74, 6) is -1.63. The summed E-state index contributed by atoms with van der Waals surface area (Å²) in [6.45, 7) is 0.859. The second-order valence-corrected chi connectivity index (χ2v) is 8.73. The number of amides is 2. The van der Waals surface area contributed by atoms with Gasteiger partial charge in [0.05, 0.1) is 35.9 Å². The van der Waals surface area contributed by atoms with Crippen LogP contribution in [0.4, 0.5) is 20.3 Å². The molecule has 1 saturated heterocycles. The molecule has 7 nitrogen and oxygen atoms in total. The minimum Gasteiger partial charge on any atom is -0.394 e. The Kier molecular flexibility index (Phi) is 6.17. The predicted molar refractivity (Wildman–Crippen MR) is 126 cm³/mol. The second-order valence-electron chi connectivity index (χ2n) is 8.73. The molecule has 2 aliphatic rings. The molecule has 0 spiro atoms. The zero-order valence-corrected chi connectivity index (χ0v) is 18.9. The Labute approximate surface area is 200 Å². The number of likely N-dealkylation sites (tertiary alicyclic amines) is 1. The van der Waals surface area contributed by atoms with Gasteiger partial charge in [0, 0.05) is 18.8 Å². The van der Waals surface area contributed by atoms with E-state index in [2.05, 4.69) is 15.6 Å². The SMILES string of the molecule is O=C1NCc2cc(-c3c(F)cccc3F)nc(Nc3ccc(CC(=O)N4CCCC4CO)cc3)c21. The summed E-state index contributed by atoms with van der Waals surface area (Å²) in [6, 6.07) is 12.1. The fraction of sp³-hybridized carbons (Fsp3) is 0.269. The number of nitrogens with one attached hydrogen (secondary N) is 2. The minimum absolute atomic E-state index is 0.0296. The molecule has 180 valence electrons. The number of hydrogen-bond donors (Lipinski definition) is 3. The first-order chi connectivity index (χ1) is 16.9. The van der Waals surface area contributed by atoms with E-state index in [4.69, 9.17) is 0 Å². The summed E-state index contributed by atoms with van der Waals surface area (Å²) in [6.07, 6.45) is 1.92. The van der Waals surface area contributed by atoms with E-state index in [-0.39, 0.29) is 54.5 Å². The second kappa shape index (κ2) is 9.42. The van der Waals surface area contributed by atoms with Crippen LogP contribution in [0.25, 0.3) is 11.3 Å². The van der Waals surface area contributed by atoms with Gasteiger partial charge >= 0.3 is 0 Å². The van der Waals surface area contributed by atoms with Crippen LogP contribution in [0, 0.1) is 11.6 Å². The summed E-state index contributed by atoms with van der Waals surface area (Å²) >= 11 is 0. The summed E-state index contributed by atoms with van der Waals surface area (Å²) < 4.78 is 28.8. The lowest BCUT2D eigenvalue weighted by atomic mass is 10.0. The molecule has 0 aliphatic carbocycles. The van der Waals surface area contributed by atoms with Gasteiger partial charge in [0.2, 0.25) is 5.91 Å². The maximum absolute atomic E-state index is 14.4. The van der Waals surface area contributed by atoms with Crippen molar-refractivity contribution in [2.45, 2.75) is 31.8 Å². The van der Waals surface area contributed by atoms with Crippen LogP contribution in [-0.2, 0) is 17.8 Å². The number of rotatable bonds is 6. The van der Waals surface area contributed by atoms with Gasteiger partial charge < -0.3 is 20.6 Å². The molecule has 1 aromatic heterocycles. The first kappa shape index (κ1) is 22.9. The quantitative estimate of drug-likeness (QED) is 0.504. The van der Waals surface area contributed by atoms with Crippen molar-refractivity contribution in [3.63, 3.8) is 0 Å². The van der Waals surface area contributed by atoms with Crippen molar-refractivity contribution >= 4 is 23.3 Å². The lowest BCUT2D eigenvalue weighted by molar-refractivity contribution is -0.132. The first-order valence-electron chi connectivity index (χ1n) is 11.5. The summed E-state index contributed by atoms with van der Waals surface area (Å²) in [5.41, 5.74) is 2.17. The average Bonchev–Trinajstić information content (AvgIpc) is 3.47. The number of aliphatic hydroxyl groups is 1. The topological polar surface area (TPSA) is 94.6 Å². The number of carbonyl (C=O) groups excluding carboxylic acids is 2. The van der Waals surface area contributed by atoms with Gasteiger partial charge in [0.1, 0.15) is 17.5 Å². The maximum atomic E-state index is 14.4. The molecule has 1 fully saturated rings. The molecular formula is C26H24F2N4O3. The van der Waals surface area contributed by atoms with Gasteiger partial charge in [-0.1, -0.05) is 18.2 Å². The van der Waals surface area contributed by atoms with Gasteiger partial charge in [-0.2, -0.15) is 0 Å². The number of pyridine rings is 1. The molecular weight excluding hydrogens is 454 g/mol. The molecule has 1 unspecified atom stereocenters. The van der Waals surface area contributed by atoms with Gasteiger partial charge in [-0.05, 0) is 54.3 Å². The number of aliphatic hydroxyl groups excluding tert-OH is 1. The van der Waals surface area contributed by atoms with Crippen LogP contribution in [0.5, 0.6) is 0 Å². The number of carbonyl (C=O) groups is 2. The molecule has 3 N–H and O–H groups in total. The van der Waals surface area contributed by atoms with Crippen LogP contribution in [0.3, 0.4) is 0 Å². The third-order valence-electron chi connectivity index (χ3n) is 6.47. The van der Waals surface area contributed by atoms with Gasteiger partial charge in [0.15, 0.2) is 0 Å². The van der Waals surface area contributed by atoms with E-state index in [0.29, 0.717) is 23.4 Å². The fourth-order valence-electron chi connectivity index (χ4n) is 4.69. The van der Waals surface area contributed by atoms with Gasteiger partial charge in [-0.15, -0.1) is 0 Å². The molecule has 2 aromatic carbocycles.